The van der Waals surface area contributed by atoms with Crippen LogP contribution in [0.3, 0.4) is 0 Å². The number of halogens is 2. The van der Waals surface area contributed by atoms with Crippen molar-refractivity contribution in [3.8, 4) is 0 Å². The Kier molecular flexibility index (Phi) is 5.18. The van der Waals surface area contributed by atoms with Crippen LogP contribution in [0.25, 0.3) is 0 Å². The third-order valence-electron chi connectivity index (χ3n) is 4.06. The molecule has 0 spiro atoms. The molecule has 5 heteroatoms. The highest BCUT2D eigenvalue weighted by Gasteiger charge is 2.35. The zero-order chi connectivity index (χ0) is 14.8. The normalized spacial score (nSPS) is 19.1. The van der Waals surface area contributed by atoms with Gasteiger partial charge in [-0.25, -0.2) is 4.39 Å². The molecule has 1 N–H and O–H groups in total. The molecule has 0 aliphatic carbocycles. The minimum Gasteiger partial charge on any atom is -0.391 e. The zero-order valence-electron chi connectivity index (χ0n) is 11.9. The van der Waals surface area contributed by atoms with Crippen molar-refractivity contribution in [1.29, 1.82) is 0 Å². The van der Waals surface area contributed by atoms with Crippen LogP contribution in [0.2, 0.25) is 0 Å². The van der Waals surface area contributed by atoms with Crippen LogP contribution in [0.4, 0.5) is 4.39 Å². The summed E-state index contributed by atoms with van der Waals surface area (Å²) in [5, 5.41) is 10.5. The van der Waals surface area contributed by atoms with Gasteiger partial charge in [0.25, 0.3) is 0 Å². The van der Waals surface area contributed by atoms with E-state index in [1.807, 2.05) is 13.8 Å². The van der Waals surface area contributed by atoms with Gasteiger partial charge >= 0.3 is 0 Å². The fourth-order valence-corrected chi connectivity index (χ4v) is 2.92. The van der Waals surface area contributed by atoms with E-state index >= 15 is 0 Å². The Morgan fingerprint density at radius 3 is 2.70 bits per heavy atom. The van der Waals surface area contributed by atoms with E-state index in [2.05, 4.69) is 20.8 Å². The number of morpholine rings is 1. The summed E-state index contributed by atoms with van der Waals surface area (Å²) in [6.07, 6.45) is -0.334. The molecular formula is C15H21BrFNO2. The van der Waals surface area contributed by atoms with Gasteiger partial charge in [-0.3, -0.25) is 4.90 Å². The molecule has 0 aromatic heterocycles. The molecule has 1 atom stereocenters. The van der Waals surface area contributed by atoms with E-state index in [-0.39, 0.29) is 5.82 Å². The lowest BCUT2D eigenvalue weighted by atomic mass is 9.89. The van der Waals surface area contributed by atoms with Gasteiger partial charge in [0.15, 0.2) is 0 Å². The fourth-order valence-electron chi connectivity index (χ4n) is 2.51. The number of hydrogen-bond donors (Lipinski definition) is 1. The van der Waals surface area contributed by atoms with Crippen LogP contribution in [0.5, 0.6) is 0 Å². The summed E-state index contributed by atoms with van der Waals surface area (Å²) in [6, 6.07) is 4.82. The van der Waals surface area contributed by atoms with Crippen molar-refractivity contribution in [2.75, 3.05) is 26.3 Å². The predicted molar refractivity (Wildman–Crippen MR) is 80.3 cm³/mol. The van der Waals surface area contributed by atoms with Crippen LogP contribution in [0.1, 0.15) is 19.4 Å². The molecule has 112 valence electrons. The van der Waals surface area contributed by atoms with Crippen molar-refractivity contribution in [3.63, 3.8) is 0 Å². The molecule has 1 aromatic carbocycles. The van der Waals surface area contributed by atoms with Crippen molar-refractivity contribution >= 4 is 15.9 Å². The molecular weight excluding hydrogens is 325 g/mol. The second kappa shape index (κ2) is 6.52. The molecule has 1 aliphatic heterocycles. The maximum Gasteiger partial charge on any atom is 0.126 e. The smallest absolute Gasteiger partial charge is 0.126 e. The lowest BCUT2D eigenvalue weighted by Gasteiger charge is -2.43. The Bertz CT molecular complexity index is 461. The van der Waals surface area contributed by atoms with Crippen LogP contribution in [-0.4, -0.2) is 48.0 Å². The average Bonchev–Trinajstić information content (AvgIpc) is 2.43. The number of nitrogens with zero attached hydrogens (tertiary/aromatic N) is 1. The van der Waals surface area contributed by atoms with Crippen LogP contribution >= 0.6 is 15.9 Å². The summed E-state index contributed by atoms with van der Waals surface area (Å²) in [5.41, 5.74) is 0.131. The molecule has 20 heavy (non-hydrogen) atoms. The molecule has 1 aliphatic rings. The summed E-state index contributed by atoms with van der Waals surface area (Å²) >= 11 is 3.34. The fraction of sp³-hybridized carbons (Fsp3) is 0.600. The van der Waals surface area contributed by atoms with Gasteiger partial charge < -0.3 is 9.84 Å². The number of ether oxygens (including phenoxy) is 1. The van der Waals surface area contributed by atoms with E-state index in [9.17, 15) is 9.50 Å². The molecule has 1 heterocycles. The summed E-state index contributed by atoms with van der Waals surface area (Å²) in [4.78, 5) is 2.21. The van der Waals surface area contributed by atoms with E-state index in [1.54, 1.807) is 12.1 Å². The SMILES string of the molecule is CC(C)(C(O)Cc1cc(Br)ccc1F)N1CCOCC1. The second-order valence-corrected chi connectivity index (χ2v) is 6.62. The number of rotatable bonds is 4. The Labute approximate surface area is 127 Å². The molecule has 0 amide bonds. The molecule has 0 saturated carbocycles. The Morgan fingerprint density at radius 1 is 1.40 bits per heavy atom. The predicted octanol–water partition coefficient (Wildman–Crippen LogP) is 2.60. The molecule has 1 saturated heterocycles. The molecule has 0 radical (unpaired) electrons. The molecule has 0 bridgehead atoms. The minimum atomic E-state index is -0.635. The van der Waals surface area contributed by atoms with Gasteiger partial charge in [0, 0.05) is 29.5 Å². The number of hydrogen-bond acceptors (Lipinski definition) is 3. The Balaban J connectivity index is 2.09. The standard InChI is InChI=1S/C15H21BrFNO2/c1-15(2,18-5-7-20-8-6-18)14(19)10-11-9-12(16)3-4-13(11)17/h3-4,9,14,19H,5-8,10H2,1-2H3. The maximum absolute atomic E-state index is 13.8. The largest absolute Gasteiger partial charge is 0.391 e. The number of benzene rings is 1. The highest BCUT2D eigenvalue weighted by Crippen LogP contribution is 2.25. The monoisotopic (exact) mass is 345 g/mol. The van der Waals surface area contributed by atoms with Gasteiger partial charge in [-0.15, -0.1) is 0 Å². The first kappa shape index (κ1) is 15.9. The lowest BCUT2D eigenvalue weighted by molar-refractivity contribution is -0.0613. The second-order valence-electron chi connectivity index (χ2n) is 5.71. The van der Waals surface area contributed by atoms with E-state index in [1.165, 1.54) is 6.07 Å². The summed E-state index contributed by atoms with van der Waals surface area (Å²) in [5.74, 6) is -0.273. The minimum absolute atomic E-state index is 0.273. The van der Waals surface area contributed by atoms with Crippen LogP contribution < -0.4 is 0 Å². The highest BCUT2D eigenvalue weighted by atomic mass is 79.9. The molecule has 2 rings (SSSR count). The van der Waals surface area contributed by atoms with E-state index in [0.29, 0.717) is 25.2 Å². The molecule has 1 aromatic rings. The lowest BCUT2D eigenvalue weighted by Crippen LogP contribution is -2.56. The quantitative estimate of drug-likeness (QED) is 0.910. The van der Waals surface area contributed by atoms with E-state index in [4.69, 9.17) is 4.74 Å². The molecule has 1 unspecified atom stereocenters. The van der Waals surface area contributed by atoms with Crippen molar-refractivity contribution in [1.82, 2.24) is 4.90 Å². The van der Waals surface area contributed by atoms with Crippen LogP contribution in [0, 0.1) is 5.82 Å². The summed E-state index contributed by atoms with van der Waals surface area (Å²) in [7, 11) is 0. The van der Waals surface area contributed by atoms with Crippen molar-refractivity contribution in [3.05, 3.63) is 34.1 Å². The topological polar surface area (TPSA) is 32.7 Å². The third-order valence-corrected chi connectivity index (χ3v) is 4.56. The summed E-state index contributed by atoms with van der Waals surface area (Å²) < 4.78 is 20.0. The first-order valence-electron chi connectivity index (χ1n) is 6.86. The van der Waals surface area contributed by atoms with Gasteiger partial charge in [-0.2, -0.15) is 0 Å². The summed E-state index contributed by atoms with van der Waals surface area (Å²) in [6.45, 7) is 6.95. The van der Waals surface area contributed by atoms with Gasteiger partial charge in [0.05, 0.1) is 19.3 Å². The van der Waals surface area contributed by atoms with E-state index < -0.39 is 11.6 Å². The van der Waals surface area contributed by atoms with Crippen LogP contribution in [-0.2, 0) is 11.2 Å². The average molecular weight is 346 g/mol. The number of aliphatic hydroxyl groups excluding tert-OH is 1. The van der Waals surface area contributed by atoms with Crippen LogP contribution in [0.15, 0.2) is 22.7 Å². The van der Waals surface area contributed by atoms with Crippen molar-refractivity contribution in [2.24, 2.45) is 0 Å². The van der Waals surface area contributed by atoms with Crippen molar-refractivity contribution in [2.45, 2.75) is 31.9 Å². The van der Waals surface area contributed by atoms with Gasteiger partial charge in [-0.05, 0) is 37.6 Å². The maximum atomic E-state index is 13.8. The van der Waals surface area contributed by atoms with Gasteiger partial charge in [0.1, 0.15) is 5.82 Å². The van der Waals surface area contributed by atoms with Gasteiger partial charge in [0.2, 0.25) is 0 Å². The molecule has 3 nitrogen and oxygen atoms in total. The first-order valence-corrected chi connectivity index (χ1v) is 7.65. The third kappa shape index (κ3) is 3.58. The number of aliphatic hydroxyl groups is 1. The Hall–Kier alpha value is -0.490. The Morgan fingerprint density at radius 2 is 2.05 bits per heavy atom. The van der Waals surface area contributed by atoms with E-state index in [0.717, 1.165) is 17.6 Å². The molecule has 1 fully saturated rings. The highest BCUT2D eigenvalue weighted by molar-refractivity contribution is 9.10. The van der Waals surface area contributed by atoms with Crippen molar-refractivity contribution < 1.29 is 14.2 Å². The zero-order valence-corrected chi connectivity index (χ0v) is 13.5. The van der Waals surface area contributed by atoms with Gasteiger partial charge in [-0.1, -0.05) is 15.9 Å². The first-order chi connectivity index (χ1) is 9.41.